The Bertz CT molecular complexity index is 292. The second-order valence-electron chi connectivity index (χ2n) is 2.58. The Morgan fingerprint density at radius 2 is 2.15 bits per heavy atom. The maximum absolute atomic E-state index is 10.1. The molecule has 0 saturated carbocycles. The van der Waals surface area contributed by atoms with E-state index < -0.39 is 0 Å². The highest BCUT2D eigenvalue weighted by atomic mass is 16.5. The number of carbonyl (C=O) groups excluding carboxylic acids is 1. The summed E-state index contributed by atoms with van der Waals surface area (Å²) in [5.74, 6) is 0.759. The minimum atomic E-state index is 0.105. The lowest BCUT2D eigenvalue weighted by Crippen LogP contribution is -2.00. The number of rotatable bonds is 5. The Morgan fingerprint density at radius 1 is 1.38 bits per heavy atom. The molecule has 0 aliphatic carbocycles. The molecule has 0 aliphatic heterocycles. The monoisotopic (exact) mass is 176 g/mol. The first-order valence-electron chi connectivity index (χ1n) is 4.13. The molecule has 0 saturated heterocycles. The third-order valence-corrected chi connectivity index (χ3v) is 1.64. The first-order valence-corrected chi connectivity index (χ1v) is 4.13. The zero-order valence-corrected chi connectivity index (χ0v) is 7.40. The molecule has 0 bridgehead atoms. The fourth-order valence-corrected chi connectivity index (χ4v) is 1.09. The van der Waals surface area contributed by atoms with Crippen LogP contribution in [0.1, 0.15) is 5.56 Å². The fraction of sp³-hybridized carbons (Fsp3) is 0.182. The normalized spacial score (nSPS) is 9.23. The molecule has 2 heteroatoms. The maximum atomic E-state index is 10.1. The fourth-order valence-electron chi connectivity index (χ4n) is 1.09. The summed E-state index contributed by atoms with van der Waals surface area (Å²) < 4.78 is 5.22. The third kappa shape index (κ3) is 2.75. The molecule has 13 heavy (non-hydrogen) atoms. The maximum Gasteiger partial charge on any atom is 0.157 e. The van der Waals surface area contributed by atoms with E-state index in [2.05, 4.69) is 6.58 Å². The summed E-state index contributed by atoms with van der Waals surface area (Å²) in [7, 11) is 0. The smallest absolute Gasteiger partial charge is 0.157 e. The van der Waals surface area contributed by atoms with Crippen LogP contribution in [0.15, 0.2) is 36.9 Å². The summed E-state index contributed by atoms with van der Waals surface area (Å²) in [6, 6.07) is 7.63. The van der Waals surface area contributed by atoms with Crippen molar-refractivity contribution in [3.63, 3.8) is 0 Å². The van der Waals surface area contributed by atoms with E-state index in [-0.39, 0.29) is 6.61 Å². The van der Waals surface area contributed by atoms with Gasteiger partial charge in [0.15, 0.2) is 6.29 Å². The van der Waals surface area contributed by atoms with E-state index in [9.17, 15) is 4.79 Å². The van der Waals surface area contributed by atoms with Gasteiger partial charge >= 0.3 is 0 Å². The lowest BCUT2D eigenvalue weighted by atomic mass is 10.1. The van der Waals surface area contributed by atoms with Crippen LogP contribution in [-0.2, 0) is 11.2 Å². The Kier molecular flexibility index (Phi) is 3.76. The number of aldehydes is 1. The molecule has 0 fully saturated rings. The van der Waals surface area contributed by atoms with Crippen LogP contribution in [0, 0.1) is 0 Å². The van der Waals surface area contributed by atoms with Gasteiger partial charge in [0.05, 0.1) is 0 Å². The first kappa shape index (κ1) is 9.52. The minimum absolute atomic E-state index is 0.105. The van der Waals surface area contributed by atoms with Crippen LogP contribution >= 0.6 is 0 Å². The molecule has 1 aromatic rings. The molecule has 0 aromatic heterocycles. The Hall–Kier alpha value is -1.57. The molecule has 0 atom stereocenters. The summed E-state index contributed by atoms with van der Waals surface area (Å²) >= 11 is 0. The van der Waals surface area contributed by atoms with Crippen LogP contribution in [0.25, 0.3) is 0 Å². The predicted octanol–water partition coefficient (Wildman–Crippen LogP) is 1.99. The van der Waals surface area contributed by atoms with E-state index in [0.717, 1.165) is 24.0 Å². The van der Waals surface area contributed by atoms with Crippen molar-refractivity contribution in [1.82, 2.24) is 0 Å². The van der Waals surface area contributed by atoms with Crippen molar-refractivity contribution in [2.45, 2.75) is 6.42 Å². The molecule has 0 N–H and O–H groups in total. The van der Waals surface area contributed by atoms with Crippen LogP contribution in [0.3, 0.4) is 0 Å². The molecule has 0 heterocycles. The lowest BCUT2D eigenvalue weighted by Gasteiger charge is -2.06. The summed E-state index contributed by atoms with van der Waals surface area (Å²) in [5.41, 5.74) is 1.05. The van der Waals surface area contributed by atoms with Gasteiger partial charge in [0.2, 0.25) is 0 Å². The average molecular weight is 176 g/mol. The van der Waals surface area contributed by atoms with Crippen molar-refractivity contribution >= 4 is 6.29 Å². The third-order valence-electron chi connectivity index (χ3n) is 1.64. The Balaban J connectivity index is 2.77. The first-order chi connectivity index (χ1) is 6.38. The molecule has 0 aliphatic rings. The second-order valence-corrected chi connectivity index (χ2v) is 2.58. The molecule has 2 nitrogen and oxygen atoms in total. The van der Waals surface area contributed by atoms with Crippen LogP contribution in [0.4, 0.5) is 0 Å². The van der Waals surface area contributed by atoms with Crippen molar-refractivity contribution in [2.24, 2.45) is 0 Å². The van der Waals surface area contributed by atoms with E-state index in [1.54, 1.807) is 0 Å². The van der Waals surface area contributed by atoms with Gasteiger partial charge in [-0.2, -0.15) is 0 Å². The van der Waals surface area contributed by atoms with Crippen LogP contribution in [-0.4, -0.2) is 12.9 Å². The zero-order valence-electron chi connectivity index (χ0n) is 7.40. The zero-order chi connectivity index (χ0) is 9.52. The number of carbonyl (C=O) groups is 1. The van der Waals surface area contributed by atoms with Crippen molar-refractivity contribution < 1.29 is 9.53 Å². The summed E-state index contributed by atoms with van der Waals surface area (Å²) in [4.78, 5) is 10.1. The quantitative estimate of drug-likeness (QED) is 0.506. The van der Waals surface area contributed by atoms with Gasteiger partial charge in [0.1, 0.15) is 12.4 Å². The number of para-hydroxylation sites is 1. The molecule has 0 spiro atoms. The van der Waals surface area contributed by atoms with Crippen molar-refractivity contribution in [3.05, 3.63) is 42.5 Å². The van der Waals surface area contributed by atoms with E-state index in [1.165, 1.54) is 0 Å². The Morgan fingerprint density at radius 3 is 2.85 bits per heavy atom. The molecule has 1 aromatic carbocycles. The SMILES string of the molecule is C=CCc1ccccc1OCC=O. The second kappa shape index (κ2) is 5.14. The highest BCUT2D eigenvalue weighted by Gasteiger charge is 1.99. The Labute approximate surface area is 77.8 Å². The van der Waals surface area contributed by atoms with Gasteiger partial charge in [-0.15, -0.1) is 6.58 Å². The van der Waals surface area contributed by atoms with Crippen molar-refractivity contribution in [1.29, 1.82) is 0 Å². The summed E-state index contributed by atoms with van der Waals surface area (Å²) in [6.45, 7) is 3.76. The van der Waals surface area contributed by atoms with Gasteiger partial charge < -0.3 is 4.74 Å². The number of hydrogen-bond acceptors (Lipinski definition) is 2. The van der Waals surface area contributed by atoms with E-state index in [1.807, 2.05) is 30.3 Å². The lowest BCUT2D eigenvalue weighted by molar-refractivity contribution is -0.109. The largest absolute Gasteiger partial charge is 0.486 e. The van der Waals surface area contributed by atoms with E-state index >= 15 is 0 Å². The number of ether oxygens (including phenoxy) is 1. The van der Waals surface area contributed by atoms with Crippen LogP contribution < -0.4 is 4.74 Å². The highest BCUT2D eigenvalue weighted by molar-refractivity contribution is 5.51. The topological polar surface area (TPSA) is 26.3 Å². The van der Waals surface area contributed by atoms with Crippen LogP contribution in [0.5, 0.6) is 5.75 Å². The molecule has 0 amide bonds. The minimum Gasteiger partial charge on any atom is -0.486 e. The highest BCUT2D eigenvalue weighted by Crippen LogP contribution is 2.18. The number of allylic oxidation sites excluding steroid dienone is 1. The molecule has 0 unspecified atom stereocenters. The number of hydrogen-bond donors (Lipinski definition) is 0. The van der Waals surface area contributed by atoms with Crippen LogP contribution in [0.2, 0.25) is 0 Å². The number of benzene rings is 1. The van der Waals surface area contributed by atoms with Gasteiger partial charge in [-0.3, -0.25) is 4.79 Å². The van der Waals surface area contributed by atoms with Gasteiger partial charge in [-0.25, -0.2) is 0 Å². The molecule has 1 rings (SSSR count). The molecule has 68 valence electrons. The summed E-state index contributed by atoms with van der Waals surface area (Å²) in [5, 5.41) is 0. The molecular formula is C11H12O2. The molecule has 0 radical (unpaired) electrons. The van der Waals surface area contributed by atoms with Gasteiger partial charge in [0, 0.05) is 0 Å². The standard InChI is InChI=1S/C11H12O2/c1-2-5-10-6-3-4-7-11(10)13-9-8-12/h2-4,6-8H,1,5,9H2. The summed E-state index contributed by atoms with van der Waals surface area (Å²) in [6.07, 6.45) is 3.31. The van der Waals surface area contributed by atoms with Crippen molar-refractivity contribution in [3.8, 4) is 5.75 Å². The average Bonchev–Trinajstić information content (AvgIpc) is 2.17. The molecular weight excluding hydrogens is 164 g/mol. The van der Waals surface area contributed by atoms with Gasteiger partial charge in [-0.1, -0.05) is 24.3 Å². The van der Waals surface area contributed by atoms with Gasteiger partial charge in [0.25, 0.3) is 0 Å². The van der Waals surface area contributed by atoms with E-state index in [4.69, 9.17) is 4.74 Å². The van der Waals surface area contributed by atoms with Gasteiger partial charge in [-0.05, 0) is 18.1 Å². The van der Waals surface area contributed by atoms with E-state index in [0.29, 0.717) is 0 Å². The van der Waals surface area contributed by atoms with Crippen molar-refractivity contribution in [2.75, 3.05) is 6.61 Å². The predicted molar refractivity (Wildman–Crippen MR) is 51.9 cm³/mol.